The number of benzene rings is 2. The van der Waals surface area contributed by atoms with Crippen LogP contribution in [-0.4, -0.2) is 33.9 Å². The Labute approximate surface area is 171 Å². The molecule has 2 rings (SSSR count). The van der Waals surface area contributed by atoms with E-state index < -0.39 is 16.0 Å². The lowest BCUT2D eigenvalue weighted by Crippen LogP contribution is -2.26. The van der Waals surface area contributed by atoms with Crippen molar-refractivity contribution in [3.05, 3.63) is 58.7 Å². The zero-order valence-electron chi connectivity index (χ0n) is 17.0. The molecule has 8 heteroatoms. The summed E-state index contributed by atoms with van der Waals surface area (Å²) in [5, 5.41) is 2.75. The number of nitrogens with one attached hydrogen (secondary N) is 2. The van der Waals surface area contributed by atoms with Gasteiger partial charge in [0.05, 0.1) is 17.6 Å². The summed E-state index contributed by atoms with van der Waals surface area (Å²) in [6.45, 7) is 5.73. The molecule has 0 spiro atoms. The van der Waals surface area contributed by atoms with Crippen LogP contribution >= 0.6 is 0 Å². The van der Waals surface area contributed by atoms with Crippen molar-refractivity contribution in [1.29, 1.82) is 0 Å². The second-order valence-corrected chi connectivity index (χ2v) is 8.58. The number of anilines is 1. The van der Waals surface area contributed by atoms with Gasteiger partial charge < -0.3 is 10.1 Å². The van der Waals surface area contributed by atoms with Crippen LogP contribution in [0.15, 0.2) is 41.3 Å². The van der Waals surface area contributed by atoms with E-state index in [1.54, 1.807) is 36.4 Å². The Balaban J connectivity index is 1.88. The van der Waals surface area contributed by atoms with E-state index in [4.69, 9.17) is 0 Å². The van der Waals surface area contributed by atoms with Crippen LogP contribution < -0.4 is 10.0 Å². The van der Waals surface area contributed by atoms with Crippen LogP contribution in [0.1, 0.15) is 39.9 Å². The number of carbonyl (C=O) groups is 2. The molecule has 29 heavy (non-hydrogen) atoms. The van der Waals surface area contributed by atoms with E-state index in [0.717, 1.165) is 16.7 Å². The molecule has 0 unspecified atom stereocenters. The van der Waals surface area contributed by atoms with E-state index in [2.05, 4.69) is 14.8 Å². The van der Waals surface area contributed by atoms with Gasteiger partial charge in [-0.3, -0.25) is 4.79 Å². The number of amides is 1. The summed E-state index contributed by atoms with van der Waals surface area (Å²) in [6, 6.07) is 9.86. The van der Waals surface area contributed by atoms with Gasteiger partial charge in [-0.25, -0.2) is 17.9 Å². The van der Waals surface area contributed by atoms with Crippen molar-refractivity contribution >= 4 is 27.6 Å². The Morgan fingerprint density at radius 2 is 1.66 bits per heavy atom. The molecule has 0 atom stereocenters. The molecule has 0 heterocycles. The van der Waals surface area contributed by atoms with E-state index >= 15 is 0 Å². The van der Waals surface area contributed by atoms with E-state index in [1.807, 2.05) is 20.8 Å². The van der Waals surface area contributed by atoms with Gasteiger partial charge >= 0.3 is 5.97 Å². The molecule has 0 bridgehead atoms. The lowest BCUT2D eigenvalue weighted by atomic mass is 10.1. The van der Waals surface area contributed by atoms with E-state index in [-0.39, 0.29) is 23.8 Å². The summed E-state index contributed by atoms with van der Waals surface area (Å²) in [5.41, 5.74) is 3.59. The molecule has 1 amide bonds. The Morgan fingerprint density at radius 1 is 0.966 bits per heavy atom. The maximum atomic E-state index is 12.4. The molecule has 156 valence electrons. The molecule has 0 saturated heterocycles. The first-order valence-electron chi connectivity index (χ1n) is 9.20. The van der Waals surface area contributed by atoms with Crippen LogP contribution in [0.2, 0.25) is 0 Å². The van der Waals surface area contributed by atoms with Gasteiger partial charge in [0.15, 0.2) is 0 Å². The minimum absolute atomic E-state index is 0.136. The molecule has 0 aromatic heterocycles. The van der Waals surface area contributed by atoms with Crippen LogP contribution in [-0.2, 0) is 19.6 Å². The number of hydrogen-bond donors (Lipinski definition) is 2. The molecular formula is C21H26N2O5S. The standard InChI is InChI=1S/C21H26N2O5S/c1-14-8-10-18(12-16(14)3)29(26,27)22-11-5-6-20(24)23-19-13-17(21(25)28-4)9-7-15(19)2/h7-10,12-13,22H,5-6,11H2,1-4H3,(H,23,24). The predicted octanol–water partition coefficient (Wildman–Crippen LogP) is 3.10. The highest BCUT2D eigenvalue weighted by Crippen LogP contribution is 2.18. The third-order valence-electron chi connectivity index (χ3n) is 4.59. The fourth-order valence-corrected chi connectivity index (χ4v) is 3.79. The van der Waals surface area contributed by atoms with Gasteiger partial charge in [0, 0.05) is 18.7 Å². The quantitative estimate of drug-likeness (QED) is 0.507. The fourth-order valence-electron chi connectivity index (χ4n) is 2.63. The molecule has 0 aliphatic carbocycles. The zero-order chi connectivity index (χ0) is 21.6. The minimum atomic E-state index is -3.61. The highest BCUT2D eigenvalue weighted by atomic mass is 32.2. The molecule has 2 aromatic carbocycles. The third-order valence-corrected chi connectivity index (χ3v) is 6.05. The van der Waals surface area contributed by atoms with Gasteiger partial charge in [-0.1, -0.05) is 12.1 Å². The summed E-state index contributed by atoms with van der Waals surface area (Å²) in [5.74, 6) is -0.748. The number of methoxy groups -OCH3 is 1. The van der Waals surface area contributed by atoms with Crippen LogP contribution in [0.25, 0.3) is 0 Å². The predicted molar refractivity (Wildman–Crippen MR) is 111 cm³/mol. The number of ether oxygens (including phenoxy) is 1. The first kappa shape index (κ1) is 22.6. The first-order valence-corrected chi connectivity index (χ1v) is 10.7. The van der Waals surface area contributed by atoms with Gasteiger partial charge in [-0.15, -0.1) is 0 Å². The first-order chi connectivity index (χ1) is 13.6. The zero-order valence-corrected chi connectivity index (χ0v) is 17.9. The third kappa shape index (κ3) is 6.13. The Kier molecular flexibility index (Phi) is 7.53. The van der Waals surface area contributed by atoms with E-state index in [1.165, 1.54) is 7.11 Å². The number of esters is 1. The van der Waals surface area contributed by atoms with Gasteiger partial charge in [-0.05, 0) is 68.1 Å². The number of aryl methyl sites for hydroxylation is 3. The van der Waals surface area contributed by atoms with Crippen molar-refractivity contribution in [3.8, 4) is 0 Å². The number of hydrogen-bond acceptors (Lipinski definition) is 5. The van der Waals surface area contributed by atoms with Gasteiger partial charge in [0.25, 0.3) is 0 Å². The van der Waals surface area contributed by atoms with Crippen molar-refractivity contribution in [2.45, 2.75) is 38.5 Å². The second-order valence-electron chi connectivity index (χ2n) is 6.82. The fraction of sp³-hybridized carbons (Fsp3) is 0.333. The highest BCUT2D eigenvalue weighted by Gasteiger charge is 2.15. The normalized spacial score (nSPS) is 11.2. The van der Waals surface area contributed by atoms with Gasteiger partial charge in [0.2, 0.25) is 15.9 Å². The summed E-state index contributed by atoms with van der Waals surface area (Å²) in [4.78, 5) is 24.0. The maximum absolute atomic E-state index is 12.4. The number of sulfonamides is 1. The van der Waals surface area contributed by atoms with E-state index in [9.17, 15) is 18.0 Å². The SMILES string of the molecule is COC(=O)c1ccc(C)c(NC(=O)CCCNS(=O)(=O)c2ccc(C)c(C)c2)c1. The molecule has 0 aliphatic heterocycles. The second kappa shape index (κ2) is 9.67. The van der Waals surface area contributed by atoms with Crippen molar-refractivity contribution < 1.29 is 22.7 Å². The van der Waals surface area contributed by atoms with Gasteiger partial charge in [0.1, 0.15) is 0 Å². The smallest absolute Gasteiger partial charge is 0.337 e. The molecule has 2 N–H and O–H groups in total. The molecule has 2 aromatic rings. The number of carbonyl (C=O) groups excluding carboxylic acids is 2. The Bertz CT molecular complexity index is 1020. The van der Waals surface area contributed by atoms with E-state index in [0.29, 0.717) is 17.7 Å². The van der Waals surface area contributed by atoms with Crippen molar-refractivity contribution in [2.75, 3.05) is 19.0 Å². The summed E-state index contributed by atoms with van der Waals surface area (Å²) in [6.07, 6.45) is 0.475. The Morgan fingerprint density at radius 3 is 2.31 bits per heavy atom. The van der Waals surface area contributed by atoms with Crippen LogP contribution in [0, 0.1) is 20.8 Å². The molecule has 0 radical (unpaired) electrons. The molecule has 0 saturated carbocycles. The van der Waals surface area contributed by atoms with Crippen LogP contribution in [0.4, 0.5) is 5.69 Å². The number of rotatable bonds is 8. The average molecular weight is 419 g/mol. The van der Waals surface area contributed by atoms with Crippen molar-refractivity contribution in [2.24, 2.45) is 0 Å². The lowest BCUT2D eigenvalue weighted by molar-refractivity contribution is -0.116. The van der Waals surface area contributed by atoms with Crippen LogP contribution in [0.5, 0.6) is 0 Å². The topological polar surface area (TPSA) is 102 Å². The molecule has 0 fully saturated rings. The van der Waals surface area contributed by atoms with Crippen LogP contribution in [0.3, 0.4) is 0 Å². The van der Waals surface area contributed by atoms with Gasteiger partial charge in [-0.2, -0.15) is 0 Å². The van der Waals surface area contributed by atoms with Crippen molar-refractivity contribution in [1.82, 2.24) is 4.72 Å². The largest absolute Gasteiger partial charge is 0.465 e. The Hall–Kier alpha value is -2.71. The average Bonchev–Trinajstić information content (AvgIpc) is 2.68. The molecular weight excluding hydrogens is 392 g/mol. The summed E-state index contributed by atoms with van der Waals surface area (Å²) in [7, 11) is -2.32. The maximum Gasteiger partial charge on any atom is 0.337 e. The molecule has 0 aliphatic rings. The monoisotopic (exact) mass is 418 g/mol. The molecule has 7 nitrogen and oxygen atoms in total. The summed E-state index contributed by atoms with van der Waals surface area (Å²) >= 11 is 0. The minimum Gasteiger partial charge on any atom is -0.465 e. The summed E-state index contributed by atoms with van der Waals surface area (Å²) < 4.78 is 31.9. The highest BCUT2D eigenvalue weighted by molar-refractivity contribution is 7.89. The lowest BCUT2D eigenvalue weighted by Gasteiger charge is -2.11. The van der Waals surface area contributed by atoms with Crippen molar-refractivity contribution in [3.63, 3.8) is 0 Å².